The lowest BCUT2D eigenvalue weighted by atomic mass is 9.96. The summed E-state index contributed by atoms with van der Waals surface area (Å²) in [5.74, 6) is -0.444. The second-order valence-corrected chi connectivity index (χ2v) is 10.4. The average molecular weight is 507 g/mol. The van der Waals surface area contributed by atoms with Gasteiger partial charge in [0.05, 0.1) is 12.9 Å². The number of hydrogen-bond acceptors (Lipinski definition) is 8. The van der Waals surface area contributed by atoms with Gasteiger partial charge in [-0.15, -0.1) is 0 Å². The highest BCUT2D eigenvalue weighted by Crippen LogP contribution is 2.48. The fourth-order valence-electron chi connectivity index (χ4n) is 6.29. The van der Waals surface area contributed by atoms with Gasteiger partial charge in [-0.25, -0.2) is 19.7 Å². The molecule has 2 saturated heterocycles. The summed E-state index contributed by atoms with van der Waals surface area (Å²) < 4.78 is 21.0. The van der Waals surface area contributed by atoms with Crippen molar-refractivity contribution in [3.8, 4) is 0 Å². The van der Waals surface area contributed by atoms with E-state index in [-0.39, 0.29) is 18.7 Å². The quantitative estimate of drug-likeness (QED) is 0.492. The van der Waals surface area contributed by atoms with E-state index in [4.69, 9.17) is 14.2 Å². The van der Waals surface area contributed by atoms with Gasteiger partial charge in [-0.1, -0.05) is 43.5 Å². The van der Waals surface area contributed by atoms with Crippen LogP contribution in [-0.2, 0) is 27.1 Å². The third-order valence-electron chi connectivity index (χ3n) is 8.01. The lowest BCUT2D eigenvalue weighted by Gasteiger charge is -2.27. The number of carbonyl (C=O) groups excluding carboxylic acids is 1. The van der Waals surface area contributed by atoms with Crippen molar-refractivity contribution in [3.05, 3.63) is 48.0 Å². The molecule has 1 spiro atoms. The minimum atomic E-state index is -0.774. The maximum absolute atomic E-state index is 12.6. The van der Waals surface area contributed by atoms with Crippen LogP contribution in [0, 0.1) is 0 Å². The van der Waals surface area contributed by atoms with Crippen molar-refractivity contribution in [1.29, 1.82) is 0 Å². The van der Waals surface area contributed by atoms with Gasteiger partial charge in [0, 0.05) is 18.9 Å². The van der Waals surface area contributed by atoms with Crippen LogP contribution in [-0.4, -0.2) is 67.4 Å². The fourth-order valence-corrected chi connectivity index (χ4v) is 6.29. The van der Waals surface area contributed by atoms with Gasteiger partial charge in [0.2, 0.25) is 0 Å². The Kier molecular flexibility index (Phi) is 5.61. The number of fused-ring (bicyclic) bond motifs is 3. The Hall–Kier alpha value is -3.12. The number of imidazole rings is 1. The smallest absolute Gasteiger partial charge is 0.320 e. The molecule has 1 saturated carbocycles. The summed E-state index contributed by atoms with van der Waals surface area (Å²) in [6.07, 6.45) is 7.74. The van der Waals surface area contributed by atoms with Crippen LogP contribution in [0.25, 0.3) is 11.2 Å². The monoisotopic (exact) mass is 506 g/mol. The molecule has 2 aliphatic carbocycles. The van der Waals surface area contributed by atoms with Gasteiger partial charge in [-0.3, -0.25) is 9.88 Å². The maximum atomic E-state index is 12.6. The molecular formula is C26H30N6O5. The SMILES string of the molecule is O=C(Nc1ncnc2c1ncn2[C@@H]1O[C@H](CO)[C@H]2OC3(Cc4ccccc4C3)O[C@H]21)NC1CCCCC1. The third-order valence-corrected chi connectivity index (χ3v) is 8.01. The predicted octanol–water partition coefficient (Wildman–Crippen LogP) is 2.45. The highest BCUT2D eigenvalue weighted by Gasteiger charge is 2.60. The molecule has 4 atom stereocenters. The number of aliphatic hydroxyl groups excluding tert-OH is 1. The Balaban J connectivity index is 1.13. The molecule has 11 heteroatoms. The molecule has 3 N–H and O–H groups in total. The molecule has 37 heavy (non-hydrogen) atoms. The molecular weight excluding hydrogens is 476 g/mol. The number of aromatic nitrogens is 4. The van der Waals surface area contributed by atoms with Gasteiger partial charge in [-0.05, 0) is 24.0 Å². The Morgan fingerprint density at radius 2 is 1.81 bits per heavy atom. The molecule has 1 aromatic carbocycles. The van der Waals surface area contributed by atoms with Gasteiger partial charge in [0.25, 0.3) is 0 Å². The Labute approximate surface area is 213 Å². The molecule has 0 unspecified atom stereocenters. The van der Waals surface area contributed by atoms with E-state index < -0.39 is 30.3 Å². The number of urea groups is 1. The number of benzene rings is 1. The normalized spacial score (nSPS) is 28.5. The number of rotatable bonds is 4. The lowest BCUT2D eigenvalue weighted by Crippen LogP contribution is -2.39. The molecule has 2 amide bonds. The van der Waals surface area contributed by atoms with Crippen LogP contribution in [0.1, 0.15) is 49.5 Å². The molecule has 2 aliphatic heterocycles. The largest absolute Gasteiger partial charge is 0.394 e. The van der Waals surface area contributed by atoms with Crippen molar-refractivity contribution in [2.75, 3.05) is 11.9 Å². The van der Waals surface area contributed by atoms with Crippen LogP contribution >= 0.6 is 0 Å². The summed E-state index contributed by atoms with van der Waals surface area (Å²) in [6, 6.07) is 8.12. The van der Waals surface area contributed by atoms with E-state index in [0.717, 1.165) is 25.7 Å². The first-order valence-corrected chi connectivity index (χ1v) is 13.1. The summed E-state index contributed by atoms with van der Waals surface area (Å²) in [6.45, 7) is -0.195. The molecule has 4 aliphatic rings. The number of amides is 2. The zero-order valence-corrected chi connectivity index (χ0v) is 20.4. The second-order valence-electron chi connectivity index (χ2n) is 10.4. The van der Waals surface area contributed by atoms with Crippen LogP contribution < -0.4 is 10.6 Å². The first-order chi connectivity index (χ1) is 18.1. The van der Waals surface area contributed by atoms with Gasteiger partial charge in [-0.2, -0.15) is 0 Å². The lowest BCUT2D eigenvalue weighted by molar-refractivity contribution is -0.213. The van der Waals surface area contributed by atoms with E-state index in [2.05, 4.69) is 37.7 Å². The Bertz CT molecular complexity index is 1300. The number of anilines is 1. The summed E-state index contributed by atoms with van der Waals surface area (Å²) in [5.41, 5.74) is 3.38. The third kappa shape index (κ3) is 3.97. The molecule has 11 nitrogen and oxygen atoms in total. The zero-order chi connectivity index (χ0) is 25.0. The molecule has 0 bridgehead atoms. The van der Waals surface area contributed by atoms with Crippen molar-refractivity contribution in [1.82, 2.24) is 24.8 Å². The summed E-state index contributed by atoms with van der Waals surface area (Å²) in [4.78, 5) is 25.9. The second kappa shape index (κ2) is 9.02. The van der Waals surface area contributed by atoms with Gasteiger partial charge < -0.3 is 24.6 Å². The molecule has 7 rings (SSSR count). The standard InChI is InChI=1S/C26H30N6O5/c33-12-18-20-21(37-26(36-20)10-15-6-4-5-7-16(15)11-26)24(35-18)32-14-29-19-22(27-13-28-23(19)32)31-25(34)30-17-8-2-1-3-9-17/h4-7,13-14,17-18,20-21,24,33H,1-3,8-12H2,(H2,27,28,30,31,34)/t18-,20-,21-,24-/m1/s1. The zero-order valence-electron chi connectivity index (χ0n) is 20.4. The number of hydrogen-bond donors (Lipinski definition) is 3. The van der Waals surface area contributed by atoms with Crippen LogP contribution in [0.3, 0.4) is 0 Å². The van der Waals surface area contributed by atoms with E-state index >= 15 is 0 Å². The van der Waals surface area contributed by atoms with Crippen molar-refractivity contribution in [3.63, 3.8) is 0 Å². The van der Waals surface area contributed by atoms with E-state index in [1.54, 1.807) is 10.9 Å². The first kappa shape index (κ1) is 23.0. The van der Waals surface area contributed by atoms with Gasteiger partial charge in [0.15, 0.2) is 29.0 Å². The van der Waals surface area contributed by atoms with Crippen molar-refractivity contribution in [2.45, 2.75) is 81.3 Å². The van der Waals surface area contributed by atoms with Crippen LogP contribution in [0.5, 0.6) is 0 Å². The molecule has 2 aromatic heterocycles. The highest BCUT2D eigenvalue weighted by atomic mass is 16.8. The number of nitrogens with one attached hydrogen (secondary N) is 2. The van der Waals surface area contributed by atoms with E-state index in [0.29, 0.717) is 29.8 Å². The Morgan fingerprint density at radius 3 is 2.57 bits per heavy atom. The van der Waals surface area contributed by atoms with Gasteiger partial charge >= 0.3 is 6.03 Å². The molecule has 3 fully saturated rings. The number of nitrogens with zero attached hydrogens (tertiary/aromatic N) is 4. The number of carbonyl (C=O) groups is 1. The van der Waals surface area contributed by atoms with E-state index in [9.17, 15) is 9.90 Å². The van der Waals surface area contributed by atoms with E-state index in [1.807, 2.05) is 12.1 Å². The van der Waals surface area contributed by atoms with Crippen molar-refractivity contribution in [2.24, 2.45) is 0 Å². The van der Waals surface area contributed by atoms with Gasteiger partial charge in [0.1, 0.15) is 24.6 Å². The van der Waals surface area contributed by atoms with Crippen LogP contribution in [0.15, 0.2) is 36.9 Å². The van der Waals surface area contributed by atoms with Crippen LogP contribution in [0.2, 0.25) is 0 Å². The molecule has 4 heterocycles. The molecule has 0 radical (unpaired) electrons. The van der Waals surface area contributed by atoms with Crippen molar-refractivity contribution >= 4 is 23.0 Å². The average Bonchev–Trinajstić information content (AvgIpc) is 3.66. The fraction of sp³-hybridized carbons (Fsp3) is 0.538. The minimum absolute atomic E-state index is 0.177. The number of ether oxygens (including phenoxy) is 3. The summed E-state index contributed by atoms with van der Waals surface area (Å²) >= 11 is 0. The Morgan fingerprint density at radius 1 is 1.05 bits per heavy atom. The van der Waals surface area contributed by atoms with Crippen molar-refractivity contribution < 1.29 is 24.1 Å². The predicted molar refractivity (Wildman–Crippen MR) is 132 cm³/mol. The maximum Gasteiger partial charge on any atom is 0.320 e. The topological polar surface area (TPSA) is 133 Å². The minimum Gasteiger partial charge on any atom is -0.394 e. The number of aliphatic hydroxyl groups is 1. The summed E-state index contributed by atoms with van der Waals surface area (Å²) in [5, 5.41) is 15.9. The first-order valence-electron chi connectivity index (χ1n) is 13.1. The molecule has 194 valence electrons. The van der Waals surface area contributed by atoms with Crippen LogP contribution in [0.4, 0.5) is 10.6 Å². The highest BCUT2D eigenvalue weighted by molar-refractivity contribution is 5.96. The van der Waals surface area contributed by atoms with E-state index in [1.165, 1.54) is 23.9 Å². The molecule has 3 aromatic rings. The summed E-state index contributed by atoms with van der Waals surface area (Å²) in [7, 11) is 0.